The highest BCUT2D eigenvalue weighted by Crippen LogP contribution is 2.68. The van der Waals surface area contributed by atoms with E-state index in [1.54, 1.807) is 12.3 Å². The van der Waals surface area contributed by atoms with Crippen molar-refractivity contribution in [2.45, 2.75) is 54.1 Å². The van der Waals surface area contributed by atoms with Gasteiger partial charge in [0.25, 0.3) is 0 Å². The average Bonchev–Trinajstić information content (AvgIpc) is 2.69. The molecule has 1 aromatic heterocycles. The lowest BCUT2D eigenvalue weighted by Gasteiger charge is -2.18. The van der Waals surface area contributed by atoms with Gasteiger partial charge >= 0.3 is 6.09 Å². The zero-order chi connectivity index (χ0) is 16.1. The quantitative estimate of drug-likeness (QED) is 0.852. The summed E-state index contributed by atoms with van der Waals surface area (Å²) in [4.78, 5) is 11.9. The van der Waals surface area contributed by atoms with E-state index in [1.807, 2.05) is 20.8 Å². The Bertz CT molecular complexity index is 524. The van der Waals surface area contributed by atoms with E-state index in [0.29, 0.717) is 18.4 Å². The maximum absolute atomic E-state index is 11.9. The first-order valence-electron chi connectivity index (χ1n) is 7.37. The van der Waals surface area contributed by atoms with Crippen LogP contribution in [0.4, 0.5) is 4.79 Å². The van der Waals surface area contributed by atoms with Crippen LogP contribution in [0.3, 0.4) is 0 Å². The fraction of sp³-hybridized carbons (Fsp3) is 0.750. The minimum Gasteiger partial charge on any atom is -0.476 e. The first kappa shape index (κ1) is 15.9. The van der Waals surface area contributed by atoms with E-state index in [9.17, 15) is 4.79 Å². The Morgan fingerprint density at radius 3 is 2.33 bits per heavy atom. The van der Waals surface area contributed by atoms with E-state index < -0.39 is 11.7 Å². The van der Waals surface area contributed by atoms with Crippen LogP contribution in [-0.2, 0) is 4.74 Å². The van der Waals surface area contributed by atoms with Crippen molar-refractivity contribution in [3.05, 3.63) is 12.3 Å². The predicted molar refractivity (Wildman–Crippen MR) is 80.4 cm³/mol. The first-order valence-corrected chi connectivity index (χ1v) is 7.37. The molecule has 0 N–H and O–H groups in total. The molecule has 1 aliphatic carbocycles. The van der Waals surface area contributed by atoms with E-state index in [-0.39, 0.29) is 10.8 Å². The SMILES string of the molecule is CC(C)(C)OC(=O)n1ccc(OCC2C(C)(C)C2(C)C)n1. The van der Waals surface area contributed by atoms with Gasteiger partial charge in [0, 0.05) is 18.2 Å². The number of hydrogen-bond donors (Lipinski definition) is 0. The van der Waals surface area contributed by atoms with Crippen molar-refractivity contribution >= 4 is 6.09 Å². The molecule has 1 fully saturated rings. The molecular weight excluding hydrogens is 268 g/mol. The summed E-state index contributed by atoms with van der Waals surface area (Å²) >= 11 is 0. The number of ether oxygens (including phenoxy) is 2. The van der Waals surface area contributed by atoms with E-state index in [0.717, 1.165) is 0 Å². The molecule has 1 aromatic rings. The van der Waals surface area contributed by atoms with E-state index in [2.05, 4.69) is 32.8 Å². The summed E-state index contributed by atoms with van der Waals surface area (Å²) in [6.07, 6.45) is 1.07. The summed E-state index contributed by atoms with van der Waals surface area (Å²) in [5.74, 6) is 0.955. The van der Waals surface area contributed by atoms with Gasteiger partial charge in [-0.3, -0.25) is 0 Å². The van der Waals surface area contributed by atoms with Crippen molar-refractivity contribution < 1.29 is 14.3 Å². The lowest BCUT2D eigenvalue weighted by atomic mass is 10.0. The van der Waals surface area contributed by atoms with Crippen LogP contribution in [0.2, 0.25) is 0 Å². The smallest absolute Gasteiger partial charge is 0.435 e. The first-order chi connectivity index (χ1) is 9.45. The molecule has 0 aromatic carbocycles. The molecule has 5 nitrogen and oxygen atoms in total. The van der Waals surface area contributed by atoms with Crippen LogP contribution in [0.15, 0.2) is 12.3 Å². The van der Waals surface area contributed by atoms with Crippen molar-refractivity contribution in [1.82, 2.24) is 9.78 Å². The van der Waals surface area contributed by atoms with Crippen LogP contribution >= 0.6 is 0 Å². The Kier molecular flexibility index (Phi) is 3.59. The molecule has 0 aliphatic heterocycles. The Morgan fingerprint density at radius 2 is 1.86 bits per heavy atom. The molecule has 118 valence electrons. The summed E-state index contributed by atoms with van der Waals surface area (Å²) < 4.78 is 12.1. The van der Waals surface area contributed by atoms with Crippen LogP contribution in [0.1, 0.15) is 48.5 Å². The topological polar surface area (TPSA) is 53.4 Å². The summed E-state index contributed by atoms with van der Waals surface area (Å²) in [7, 11) is 0. The standard InChI is InChI=1S/C16H26N2O3/c1-14(2,3)21-13(19)18-9-8-12(17-18)20-10-11-15(4,5)16(11,6)7/h8-9,11H,10H2,1-7H3. The molecular formula is C16H26N2O3. The van der Waals surface area contributed by atoms with Gasteiger partial charge in [-0.05, 0) is 31.6 Å². The molecule has 0 spiro atoms. The zero-order valence-electron chi connectivity index (χ0n) is 14.1. The Morgan fingerprint density at radius 1 is 1.29 bits per heavy atom. The second-order valence-electron chi connectivity index (χ2n) is 7.89. The fourth-order valence-corrected chi connectivity index (χ4v) is 2.71. The Hall–Kier alpha value is -1.52. The van der Waals surface area contributed by atoms with Crippen molar-refractivity contribution in [3.8, 4) is 5.88 Å². The highest BCUT2D eigenvalue weighted by molar-refractivity contribution is 5.69. The molecule has 2 rings (SSSR count). The normalized spacial score (nSPS) is 20.1. The van der Waals surface area contributed by atoms with E-state index in [1.165, 1.54) is 4.68 Å². The molecule has 0 atom stereocenters. The minimum absolute atomic E-state index is 0.279. The summed E-state index contributed by atoms with van der Waals surface area (Å²) in [6, 6.07) is 1.69. The summed E-state index contributed by atoms with van der Waals surface area (Å²) in [5.41, 5.74) is 0.0214. The van der Waals surface area contributed by atoms with Crippen LogP contribution in [0, 0.1) is 16.7 Å². The van der Waals surface area contributed by atoms with Crippen LogP contribution in [0.5, 0.6) is 5.88 Å². The zero-order valence-corrected chi connectivity index (χ0v) is 14.1. The maximum atomic E-state index is 11.9. The van der Waals surface area contributed by atoms with E-state index >= 15 is 0 Å². The molecule has 21 heavy (non-hydrogen) atoms. The average molecular weight is 294 g/mol. The lowest BCUT2D eigenvalue weighted by Crippen LogP contribution is -2.27. The van der Waals surface area contributed by atoms with E-state index in [4.69, 9.17) is 9.47 Å². The number of rotatable bonds is 3. The van der Waals surface area contributed by atoms with Crippen LogP contribution in [0.25, 0.3) is 0 Å². The van der Waals surface area contributed by atoms with Gasteiger partial charge in [-0.15, -0.1) is 5.10 Å². The van der Waals surface area contributed by atoms with Gasteiger partial charge in [0.05, 0.1) is 6.61 Å². The van der Waals surface area contributed by atoms with Crippen molar-refractivity contribution in [1.29, 1.82) is 0 Å². The molecule has 0 unspecified atom stereocenters. The van der Waals surface area contributed by atoms with Gasteiger partial charge in [-0.25, -0.2) is 4.79 Å². The third kappa shape index (κ3) is 3.06. The highest BCUT2D eigenvalue weighted by Gasteiger charge is 2.64. The summed E-state index contributed by atoms with van der Waals surface area (Å²) in [5, 5.41) is 4.11. The molecule has 1 heterocycles. The second-order valence-corrected chi connectivity index (χ2v) is 7.89. The predicted octanol–water partition coefficient (Wildman–Crippen LogP) is 3.73. The number of aromatic nitrogens is 2. The van der Waals surface area contributed by atoms with Gasteiger partial charge in [-0.2, -0.15) is 4.68 Å². The van der Waals surface area contributed by atoms with Gasteiger partial charge in [0.2, 0.25) is 5.88 Å². The van der Waals surface area contributed by atoms with Gasteiger partial charge in [0.15, 0.2) is 0 Å². The molecule has 0 radical (unpaired) electrons. The number of carbonyl (C=O) groups is 1. The third-order valence-corrected chi connectivity index (χ3v) is 4.86. The lowest BCUT2D eigenvalue weighted by molar-refractivity contribution is 0.0511. The molecule has 0 amide bonds. The Balaban J connectivity index is 1.91. The molecule has 0 bridgehead atoms. The van der Waals surface area contributed by atoms with Crippen LogP contribution in [-0.4, -0.2) is 28.1 Å². The molecule has 5 heteroatoms. The molecule has 1 aliphatic rings. The van der Waals surface area contributed by atoms with Gasteiger partial charge in [0.1, 0.15) is 5.60 Å². The van der Waals surface area contributed by atoms with Gasteiger partial charge in [-0.1, -0.05) is 27.7 Å². The maximum Gasteiger partial charge on any atom is 0.435 e. The molecule has 1 saturated carbocycles. The fourth-order valence-electron chi connectivity index (χ4n) is 2.71. The van der Waals surface area contributed by atoms with Crippen molar-refractivity contribution in [2.24, 2.45) is 16.7 Å². The third-order valence-electron chi connectivity index (χ3n) is 4.86. The van der Waals surface area contributed by atoms with Crippen LogP contribution < -0.4 is 4.74 Å². The van der Waals surface area contributed by atoms with Crippen molar-refractivity contribution in [3.63, 3.8) is 0 Å². The largest absolute Gasteiger partial charge is 0.476 e. The summed E-state index contributed by atoms with van der Waals surface area (Å²) in [6.45, 7) is 15.1. The Labute approximate surface area is 126 Å². The molecule has 0 saturated heterocycles. The number of nitrogens with zero attached hydrogens (tertiary/aromatic N) is 2. The highest BCUT2D eigenvalue weighted by atomic mass is 16.6. The monoisotopic (exact) mass is 294 g/mol. The second kappa shape index (κ2) is 4.75. The minimum atomic E-state index is -0.536. The number of hydrogen-bond acceptors (Lipinski definition) is 4. The van der Waals surface area contributed by atoms with Gasteiger partial charge < -0.3 is 9.47 Å². The number of carbonyl (C=O) groups excluding carboxylic acids is 1. The van der Waals surface area contributed by atoms with Crippen molar-refractivity contribution in [2.75, 3.05) is 6.61 Å².